The van der Waals surface area contributed by atoms with Gasteiger partial charge in [-0.05, 0) is 32.4 Å². The van der Waals surface area contributed by atoms with E-state index in [9.17, 15) is 8.42 Å². The van der Waals surface area contributed by atoms with E-state index in [-0.39, 0.29) is 11.4 Å². The van der Waals surface area contributed by atoms with Gasteiger partial charge in [0.1, 0.15) is 11.6 Å². The molecule has 1 saturated heterocycles. The van der Waals surface area contributed by atoms with Crippen LogP contribution in [0, 0.1) is 20.8 Å². The van der Waals surface area contributed by atoms with Crippen molar-refractivity contribution in [2.75, 3.05) is 31.2 Å². The average molecular weight is 376 g/mol. The monoisotopic (exact) mass is 376 g/mol. The van der Waals surface area contributed by atoms with E-state index in [0.717, 1.165) is 35.7 Å². The first-order valence-corrected chi connectivity index (χ1v) is 10.1. The van der Waals surface area contributed by atoms with Crippen LogP contribution in [-0.4, -0.2) is 44.7 Å². The third-order valence-electron chi connectivity index (χ3n) is 4.26. The number of nitrogens with zero attached hydrogens (tertiary/aromatic N) is 3. The number of aryl methyl sites for hydroxylation is 3. The van der Waals surface area contributed by atoms with Crippen LogP contribution < -0.4 is 9.62 Å². The maximum absolute atomic E-state index is 12.6. The Kier molecular flexibility index (Phi) is 5.55. The zero-order chi connectivity index (χ0) is 18.7. The lowest BCUT2D eigenvalue weighted by molar-refractivity contribution is 0.122. The predicted octanol–water partition coefficient (Wildman–Crippen LogP) is 1.72. The lowest BCUT2D eigenvalue weighted by Crippen LogP contribution is -2.37. The minimum atomic E-state index is -3.62. The fourth-order valence-corrected chi connectivity index (χ4v) is 4.19. The van der Waals surface area contributed by atoms with Gasteiger partial charge in [0.25, 0.3) is 0 Å². The Bertz CT molecular complexity index is 893. The standard InChI is InChI=1S/C18H24N4O3S/c1-13-4-5-16(14(2)10-13)26(23,24)19-12-17-20-15(3)11-18(21-17)22-6-8-25-9-7-22/h4-5,10-11,19H,6-9,12H2,1-3H3. The summed E-state index contributed by atoms with van der Waals surface area (Å²) < 4.78 is 33.2. The van der Waals surface area contributed by atoms with Crippen molar-refractivity contribution >= 4 is 15.8 Å². The number of rotatable bonds is 5. The molecule has 1 aromatic heterocycles. The molecule has 1 N–H and O–H groups in total. The van der Waals surface area contributed by atoms with E-state index < -0.39 is 10.0 Å². The van der Waals surface area contributed by atoms with Gasteiger partial charge in [0.15, 0.2) is 0 Å². The molecule has 0 amide bonds. The maximum atomic E-state index is 12.6. The highest BCUT2D eigenvalue weighted by molar-refractivity contribution is 7.89. The molecule has 0 unspecified atom stereocenters. The third-order valence-corrected chi connectivity index (χ3v) is 5.82. The van der Waals surface area contributed by atoms with Crippen molar-refractivity contribution in [3.63, 3.8) is 0 Å². The summed E-state index contributed by atoms with van der Waals surface area (Å²) in [7, 11) is -3.62. The summed E-state index contributed by atoms with van der Waals surface area (Å²) in [5.74, 6) is 1.27. The summed E-state index contributed by atoms with van der Waals surface area (Å²) in [5.41, 5.74) is 2.55. The lowest BCUT2D eigenvalue weighted by atomic mass is 10.2. The Labute approximate surface area is 154 Å². The van der Waals surface area contributed by atoms with Gasteiger partial charge in [-0.2, -0.15) is 0 Å². The normalized spacial score (nSPS) is 15.3. The van der Waals surface area contributed by atoms with E-state index in [1.807, 2.05) is 26.0 Å². The number of anilines is 1. The van der Waals surface area contributed by atoms with Gasteiger partial charge in [0.2, 0.25) is 10.0 Å². The largest absolute Gasteiger partial charge is 0.378 e. The van der Waals surface area contributed by atoms with Crippen LogP contribution in [0.4, 0.5) is 5.82 Å². The number of morpholine rings is 1. The number of sulfonamides is 1. The number of nitrogens with one attached hydrogen (secondary N) is 1. The van der Waals surface area contributed by atoms with Gasteiger partial charge in [-0.3, -0.25) is 0 Å². The molecule has 0 bridgehead atoms. The highest BCUT2D eigenvalue weighted by atomic mass is 32.2. The minimum absolute atomic E-state index is 0.0503. The molecule has 1 aliphatic rings. The van der Waals surface area contributed by atoms with Gasteiger partial charge in [-0.1, -0.05) is 17.7 Å². The minimum Gasteiger partial charge on any atom is -0.378 e. The number of ether oxygens (including phenoxy) is 1. The molecule has 8 heteroatoms. The van der Waals surface area contributed by atoms with Crippen LogP contribution in [0.5, 0.6) is 0 Å². The molecule has 3 rings (SSSR count). The van der Waals surface area contributed by atoms with Crippen LogP contribution in [-0.2, 0) is 21.3 Å². The van der Waals surface area contributed by atoms with Crippen LogP contribution in [0.15, 0.2) is 29.2 Å². The van der Waals surface area contributed by atoms with Crippen LogP contribution in [0.25, 0.3) is 0 Å². The molecule has 2 aromatic rings. The van der Waals surface area contributed by atoms with Crippen molar-refractivity contribution in [2.24, 2.45) is 0 Å². The molecule has 26 heavy (non-hydrogen) atoms. The van der Waals surface area contributed by atoms with Crippen molar-refractivity contribution in [1.29, 1.82) is 0 Å². The maximum Gasteiger partial charge on any atom is 0.241 e. The summed E-state index contributed by atoms with van der Waals surface area (Å²) >= 11 is 0. The quantitative estimate of drug-likeness (QED) is 0.855. The zero-order valence-electron chi connectivity index (χ0n) is 15.3. The van der Waals surface area contributed by atoms with Gasteiger partial charge in [0.05, 0.1) is 24.7 Å². The molecule has 140 valence electrons. The van der Waals surface area contributed by atoms with Gasteiger partial charge in [-0.15, -0.1) is 0 Å². The van der Waals surface area contributed by atoms with E-state index in [2.05, 4.69) is 19.6 Å². The second-order valence-corrected chi connectivity index (χ2v) is 8.21. The van der Waals surface area contributed by atoms with Gasteiger partial charge in [0, 0.05) is 24.8 Å². The number of hydrogen-bond acceptors (Lipinski definition) is 6. The summed E-state index contributed by atoms with van der Waals surface area (Å²) in [6.07, 6.45) is 0. The summed E-state index contributed by atoms with van der Waals surface area (Å²) in [6, 6.07) is 7.19. The molecule has 1 aromatic carbocycles. The van der Waals surface area contributed by atoms with Gasteiger partial charge in [-0.25, -0.2) is 23.1 Å². The molecule has 7 nitrogen and oxygen atoms in total. The Balaban J connectivity index is 1.77. The zero-order valence-corrected chi connectivity index (χ0v) is 16.1. The van der Waals surface area contributed by atoms with Crippen LogP contribution >= 0.6 is 0 Å². The van der Waals surface area contributed by atoms with Crippen molar-refractivity contribution in [2.45, 2.75) is 32.2 Å². The Morgan fingerprint density at radius 3 is 2.54 bits per heavy atom. The van der Waals surface area contributed by atoms with E-state index >= 15 is 0 Å². The van der Waals surface area contributed by atoms with Gasteiger partial charge < -0.3 is 9.64 Å². The van der Waals surface area contributed by atoms with E-state index in [1.54, 1.807) is 19.1 Å². The molecule has 0 spiro atoms. The molecular formula is C18H24N4O3S. The smallest absolute Gasteiger partial charge is 0.241 e. The average Bonchev–Trinajstić information content (AvgIpc) is 2.60. The first-order chi connectivity index (χ1) is 12.3. The highest BCUT2D eigenvalue weighted by Crippen LogP contribution is 2.17. The Morgan fingerprint density at radius 2 is 1.85 bits per heavy atom. The molecule has 1 fully saturated rings. The lowest BCUT2D eigenvalue weighted by Gasteiger charge is -2.28. The summed E-state index contributed by atoms with van der Waals surface area (Å²) in [5, 5.41) is 0. The van der Waals surface area contributed by atoms with E-state index in [0.29, 0.717) is 19.0 Å². The van der Waals surface area contributed by atoms with Crippen LogP contribution in [0.2, 0.25) is 0 Å². The topological polar surface area (TPSA) is 84.4 Å². The van der Waals surface area contributed by atoms with Crippen molar-refractivity contribution in [3.8, 4) is 0 Å². The third kappa shape index (κ3) is 4.38. The fourth-order valence-electron chi connectivity index (χ4n) is 2.98. The second kappa shape index (κ2) is 7.69. The molecule has 2 heterocycles. The van der Waals surface area contributed by atoms with Gasteiger partial charge >= 0.3 is 0 Å². The fraction of sp³-hybridized carbons (Fsp3) is 0.444. The number of hydrogen-bond donors (Lipinski definition) is 1. The van der Waals surface area contributed by atoms with Crippen molar-refractivity contribution < 1.29 is 13.2 Å². The summed E-state index contributed by atoms with van der Waals surface area (Å²) in [6.45, 7) is 8.53. The molecule has 1 aliphatic heterocycles. The second-order valence-electron chi connectivity index (χ2n) is 6.48. The number of benzene rings is 1. The van der Waals surface area contributed by atoms with Crippen molar-refractivity contribution in [1.82, 2.24) is 14.7 Å². The van der Waals surface area contributed by atoms with Crippen LogP contribution in [0.3, 0.4) is 0 Å². The Morgan fingerprint density at radius 1 is 1.12 bits per heavy atom. The first kappa shape index (κ1) is 18.8. The first-order valence-electron chi connectivity index (χ1n) is 8.59. The van der Waals surface area contributed by atoms with Crippen molar-refractivity contribution in [3.05, 3.63) is 46.9 Å². The molecule has 0 atom stereocenters. The molecular weight excluding hydrogens is 352 g/mol. The van der Waals surface area contributed by atoms with E-state index in [4.69, 9.17) is 4.74 Å². The number of aromatic nitrogens is 2. The van der Waals surface area contributed by atoms with Crippen LogP contribution in [0.1, 0.15) is 22.6 Å². The SMILES string of the molecule is Cc1ccc(S(=O)(=O)NCc2nc(C)cc(N3CCOCC3)n2)c(C)c1. The van der Waals surface area contributed by atoms with E-state index in [1.165, 1.54) is 0 Å². The highest BCUT2D eigenvalue weighted by Gasteiger charge is 2.18. The Hall–Kier alpha value is -2.03. The molecule has 0 saturated carbocycles. The predicted molar refractivity (Wildman–Crippen MR) is 99.7 cm³/mol. The molecule has 0 aliphatic carbocycles. The summed E-state index contributed by atoms with van der Waals surface area (Å²) in [4.78, 5) is 11.3. The molecule has 0 radical (unpaired) electrons.